The second kappa shape index (κ2) is 11.1. The first-order chi connectivity index (χ1) is 20.7. The maximum absolute atomic E-state index is 13.6. The number of ether oxygens (including phenoxy) is 5. The molecule has 1 spiro atoms. The van der Waals surface area contributed by atoms with Crippen molar-refractivity contribution in [3.63, 3.8) is 0 Å². The fourth-order valence-electron chi connectivity index (χ4n) is 7.08. The van der Waals surface area contributed by atoms with Crippen molar-refractivity contribution in [3.05, 3.63) is 35.1 Å². The molecule has 1 aliphatic heterocycles. The van der Waals surface area contributed by atoms with Crippen LogP contribution in [0.1, 0.15) is 57.1 Å². The van der Waals surface area contributed by atoms with Gasteiger partial charge < -0.3 is 44.1 Å². The zero-order chi connectivity index (χ0) is 32.1. The van der Waals surface area contributed by atoms with E-state index in [4.69, 9.17) is 28.8 Å². The molecule has 0 aromatic heterocycles. The molecule has 0 saturated heterocycles. The van der Waals surface area contributed by atoms with Crippen LogP contribution in [0.3, 0.4) is 0 Å². The highest BCUT2D eigenvalue weighted by Gasteiger charge is 2.71. The number of phenolic OH excluding ortho intramolecular Hbond substituents is 1. The van der Waals surface area contributed by atoms with Gasteiger partial charge in [-0.3, -0.25) is 14.4 Å². The van der Waals surface area contributed by atoms with Crippen LogP contribution in [0.15, 0.2) is 24.0 Å². The third-order valence-electron chi connectivity index (χ3n) is 8.70. The third kappa shape index (κ3) is 4.90. The fraction of sp³-hybridized carbons (Fsp3) is 0.517. The first kappa shape index (κ1) is 30.8. The van der Waals surface area contributed by atoms with Crippen LogP contribution in [0, 0.1) is 5.92 Å². The molecular weight excluding hydrogens is 588 g/mol. The molecule has 236 valence electrons. The Morgan fingerprint density at radius 3 is 2.27 bits per heavy atom. The van der Waals surface area contributed by atoms with Crippen molar-refractivity contribution in [1.82, 2.24) is 0 Å². The molecule has 2 bridgehead atoms. The lowest BCUT2D eigenvalue weighted by Crippen LogP contribution is -2.67. The molecule has 7 atom stereocenters. The summed E-state index contributed by atoms with van der Waals surface area (Å²) in [6.07, 6.45) is -5.30. The monoisotopic (exact) mass is 618 g/mol. The molecule has 44 heavy (non-hydrogen) atoms. The summed E-state index contributed by atoms with van der Waals surface area (Å²) in [7, 11) is 0. The van der Waals surface area contributed by atoms with Gasteiger partial charge >= 0.3 is 35.8 Å². The quantitative estimate of drug-likeness (QED) is 0.208. The molecule has 1 saturated carbocycles. The predicted octanol–water partition coefficient (Wildman–Crippen LogP) is 0.644. The van der Waals surface area contributed by atoms with E-state index in [2.05, 4.69) is 0 Å². The van der Waals surface area contributed by atoms with E-state index in [0.717, 1.165) is 25.8 Å². The number of esters is 4. The summed E-state index contributed by atoms with van der Waals surface area (Å²) in [5, 5.41) is 41.0. The lowest BCUT2D eigenvalue weighted by Gasteiger charge is -2.59. The minimum Gasteiger partial charge on any atom is -0.504 e. The maximum Gasteiger partial charge on any atom is 0.357 e. The second-order valence-electron chi connectivity index (χ2n) is 11.3. The minimum absolute atomic E-state index is 0.0395. The van der Waals surface area contributed by atoms with E-state index in [-0.39, 0.29) is 29.6 Å². The highest BCUT2D eigenvalue weighted by atomic mass is 16.6. The largest absolute Gasteiger partial charge is 0.504 e. The van der Waals surface area contributed by atoms with Crippen molar-refractivity contribution >= 4 is 35.8 Å². The van der Waals surface area contributed by atoms with Gasteiger partial charge in [-0.1, -0.05) is 12.5 Å². The van der Waals surface area contributed by atoms with Crippen LogP contribution in [0.4, 0.5) is 0 Å². The molecule has 3 aliphatic carbocycles. The molecule has 0 amide bonds. The topological polar surface area (TPSA) is 229 Å². The number of carbonyl (C=O) groups is 6. The van der Waals surface area contributed by atoms with E-state index < -0.39 is 77.7 Å². The average Bonchev–Trinajstić information content (AvgIpc) is 3.28. The fourth-order valence-corrected chi connectivity index (χ4v) is 7.08. The number of carbonyl (C=O) groups excluding carboxylic acids is 4. The minimum atomic E-state index is -2.38. The van der Waals surface area contributed by atoms with E-state index in [1.54, 1.807) is 6.07 Å². The lowest BCUT2D eigenvalue weighted by atomic mass is 9.47. The second-order valence-corrected chi connectivity index (χ2v) is 11.3. The van der Waals surface area contributed by atoms with Gasteiger partial charge in [0.1, 0.15) is 5.76 Å². The van der Waals surface area contributed by atoms with Gasteiger partial charge in [0.05, 0.1) is 17.4 Å². The third-order valence-corrected chi connectivity index (χ3v) is 8.70. The Labute approximate surface area is 249 Å². The summed E-state index contributed by atoms with van der Waals surface area (Å²) in [5.74, 6) is -9.17. The van der Waals surface area contributed by atoms with Gasteiger partial charge in [0.15, 0.2) is 17.6 Å². The number of phenols is 1. The van der Waals surface area contributed by atoms with Crippen molar-refractivity contribution in [2.45, 2.75) is 87.8 Å². The Morgan fingerprint density at radius 1 is 1.00 bits per heavy atom. The molecule has 15 nitrogen and oxygen atoms in total. The Balaban J connectivity index is 1.48. The molecule has 4 aliphatic rings. The first-order valence-electron chi connectivity index (χ1n) is 13.8. The first-order valence-corrected chi connectivity index (χ1v) is 13.8. The summed E-state index contributed by atoms with van der Waals surface area (Å²) in [6, 6.07) is 3.25. The van der Waals surface area contributed by atoms with Crippen molar-refractivity contribution < 1.29 is 72.9 Å². The summed E-state index contributed by atoms with van der Waals surface area (Å²) >= 11 is 0. The number of rotatable bonds is 10. The molecule has 1 aromatic carbocycles. The molecule has 5 rings (SSSR count). The van der Waals surface area contributed by atoms with Crippen molar-refractivity contribution in [2.75, 3.05) is 0 Å². The number of aromatic hydroxyl groups is 1. The maximum atomic E-state index is 13.6. The molecular formula is C29H30O15. The highest BCUT2D eigenvalue weighted by molar-refractivity contribution is 5.91. The van der Waals surface area contributed by atoms with E-state index in [1.165, 1.54) is 12.1 Å². The smallest absolute Gasteiger partial charge is 0.357 e. The number of aliphatic carboxylic acids is 2. The normalized spacial score (nSPS) is 27.7. The van der Waals surface area contributed by atoms with Gasteiger partial charge in [0, 0.05) is 19.4 Å². The summed E-state index contributed by atoms with van der Waals surface area (Å²) in [4.78, 5) is 73.0. The van der Waals surface area contributed by atoms with Gasteiger partial charge in [0.25, 0.3) is 0 Å². The number of carboxylic acids is 2. The van der Waals surface area contributed by atoms with Crippen molar-refractivity contribution in [1.29, 1.82) is 0 Å². The van der Waals surface area contributed by atoms with Crippen molar-refractivity contribution in [3.8, 4) is 11.5 Å². The predicted molar refractivity (Wildman–Crippen MR) is 140 cm³/mol. The van der Waals surface area contributed by atoms with E-state index in [1.807, 2.05) is 0 Å². The van der Waals surface area contributed by atoms with Crippen LogP contribution < -0.4 is 4.74 Å². The average molecular weight is 619 g/mol. The van der Waals surface area contributed by atoms with E-state index >= 15 is 0 Å². The van der Waals surface area contributed by atoms with Gasteiger partial charge in [-0.2, -0.15) is 0 Å². The number of aliphatic hydroxyl groups is 1. The number of hydrogen-bond acceptors (Lipinski definition) is 13. The highest BCUT2D eigenvalue weighted by Crippen LogP contribution is 2.67. The molecule has 0 radical (unpaired) electrons. The number of benzene rings is 1. The summed E-state index contributed by atoms with van der Waals surface area (Å²) < 4.78 is 26.4. The van der Waals surface area contributed by atoms with Crippen LogP contribution in [-0.2, 0) is 59.6 Å². The summed E-state index contributed by atoms with van der Waals surface area (Å²) in [5.41, 5.74) is -0.892. The van der Waals surface area contributed by atoms with Crippen LogP contribution in [-0.4, -0.2) is 86.3 Å². The van der Waals surface area contributed by atoms with E-state index in [0.29, 0.717) is 24.8 Å². The lowest BCUT2D eigenvalue weighted by molar-refractivity contribution is -0.195. The van der Waals surface area contributed by atoms with Crippen LogP contribution in [0.2, 0.25) is 0 Å². The van der Waals surface area contributed by atoms with Gasteiger partial charge in [0.2, 0.25) is 18.3 Å². The van der Waals surface area contributed by atoms with Crippen LogP contribution in [0.5, 0.6) is 11.5 Å². The Hall–Kier alpha value is -4.66. The molecule has 1 heterocycles. The summed E-state index contributed by atoms with van der Waals surface area (Å²) in [6.45, 7) is 1.73. The van der Waals surface area contributed by atoms with Gasteiger partial charge in [-0.25, -0.2) is 14.4 Å². The Kier molecular flexibility index (Phi) is 7.78. The zero-order valence-corrected chi connectivity index (χ0v) is 23.6. The molecule has 0 unspecified atom stereocenters. The molecule has 15 heteroatoms. The van der Waals surface area contributed by atoms with Crippen molar-refractivity contribution in [2.24, 2.45) is 5.92 Å². The molecule has 4 N–H and O–H groups in total. The number of hydrogen-bond donors (Lipinski definition) is 4. The Morgan fingerprint density at radius 2 is 1.66 bits per heavy atom. The van der Waals surface area contributed by atoms with E-state index in [9.17, 15) is 44.1 Å². The molecule has 1 fully saturated rings. The molecule has 1 aromatic rings. The van der Waals surface area contributed by atoms with Crippen LogP contribution in [0.25, 0.3) is 0 Å². The van der Waals surface area contributed by atoms with Gasteiger partial charge in [-0.15, -0.1) is 0 Å². The Bertz CT molecular complexity index is 1480. The zero-order valence-electron chi connectivity index (χ0n) is 23.6. The van der Waals surface area contributed by atoms with Gasteiger partial charge in [-0.05, 0) is 49.3 Å². The SMILES string of the molecule is CC(=O)O[C@@H](C(=O)OC1=CC[C@@]2(O)[C@@H]3CCC[C@@]24c2c(ccc(O)c2O[C@@H]14)C3)[C@@H](OC(C)=O)C(=O)O[C@H](CC(=O)O)C(=O)O. The standard InChI is InChI=1S/C29H30O15/c1-12(30)40-22(23(41-13(2)31)27(38)43-18(25(35)36)11-19(33)34)26(37)42-17-7-9-29(39)15-4-3-8-28(29)20-14(10-15)5-6-16(32)21(20)44-24(17)28/h5-7,15,18,22-24,32,39H,3-4,8-11H2,1-2H3,(H,33,34)(H,35,36)/t15-,18-,22-,23-,24+,28+,29-/m1/s1. The number of carboxylic acid groups (broad SMARTS) is 2. The van der Waals surface area contributed by atoms with Crippen LogP contribution >= 0.6 is 0 Å².